The molecule has 0 spiro atoms. The first kappa shape index (κ1) is 16.7. The van der Waals surface area contributed by atoms with Crippen molar-refractivity contribution in [2.45, 2.75) is 27.2 Å². The van der Waals surface area contributed by atoms with Crippen LogP contribution in [0.15, 0.2) is 24.3 Å². The Kier molecular flexibility index (Phi) is 5.16. The Labute approximate surface area is 135 Å². The van der Waals surface area contributed by atoms with E-state index in [-0.39, 0.29) is 18.4 Å². The smallest absolute Gasteiger partial charge is 0.255 e. The SMILES string of the molecule is CCc1ccccc1NC(=O)CNC(=O)c1c(C)nn(C)c1C. The third kappa shape index (κ3) is 3.77. The van der Waals surface area contributed by atoms with Crippen molar-refractivity contribution < 1.29 is 9.59 Å². The Morgan fingerprint density at radius 1 is 1.22 bits per heavy atom. The zero-order valence-corrected chi connectivity index (χ0v) is 13.9. The average molecular weight is 314 g/mol. The van der Waals surface area contributed by atoms with E-state index in [4.69, 9.17) is 0 Å². The number of aromatic nitrogens is 2. The summed E-state index contributed by atoms with van der Waals surface area (Å²) in [6.45, 7) is 5.55. The van der Waals surface area contributed by atoms with Gasteiger partial charge in [0.25, 0.3) is 5.91 Å². The second-order valence-electron chi connectivity index (χ2n) is 5.41. The molecule has 0 saturated heterocycles. The highest BCUT2D eigenvalue weighted by Crippen LogP contribution is 2.15. The highest BCUT2D eigenvalue weighted by molar-refractivity contribution is 6.00. The molecule has 1 aromatic carbocycles. The number of para-hydroxylation sites is 1. The maximum atomic E-state index is 12.2. The third-order valence-corrected chi connectivity index (χ3v) is 3.82. The average Bonchev–Trinajstić information content (AvgIpc) is 2.78. The molecule has 23 heavy (non-hydrogen) atoms. The normalized spacial score (nSPS) is 10.4. The quantitative estimate of drug-likeness (QED) is 0.886. The second-order valence-corrected chi connectivity index (χ2v) is 5.41. The van der Waals surface area contributed by atoms with Crippen LogP contribution < -0.4 is 10.6 Å². The van der Waals surface area contributed by atoms with Gasteiger partial charge in [-0.1, -0.05) is 25.1 Å². The second kappa shape index (κ2) is 7.09. The van der Waals surface area contributed by atoms with E-state index < -0.39 is 0 Å². The van der Waals surface area contributed by atoms with Crippen molar-refractivity contribution in [1.82, 2.24) is 15.1 Å². The fourth-order valence-electron chi connectivity index (χ4n) is 2.50. The predicted molar refractivity (Wildman–Crippen MR) is 89.5 cm³/mol. The summed E-state index contributed by atoms with van der Waals surface area (Å²) in [7, 11) is 1.79. The summed E-state index contributed by atoms with van der Waals surface area (Å²) < 4.78 is 1.65. The van der Waals surface area contributed by atoms with Gasteiger partial charge in [0.1, 0.15) is 0 Å². The maximum absolute atomic E-state index is 12.2. The summed E-state index contributed by atoms with van der Waals surface area (Å²) >= 11 is 0. The summed E-state index contributed by atoms with van der Waals surface area (Å²) in [5, 5.41) is 9.68. The van der Waals surface area contributed by atoms with Crippen molar-refractivity contribution in [2.75, 3.05) is 11.9 Å². The molecule has 2 N–H and O–H groups in total. The van der Waals surface area contributed by atoms with Crippen LogP contribution in [-0.2, 0) is 18.3 Å². The Balaban J connectivity index is 1.98. The number of carbonyl (C=O) groups excluding carboxylic acids is 2. The van der Waals surface area contributed by atoms with Gasteiger partial charge < -0.3 is 10.6 Å². The monoisotopic (exact) mass is 314 g/mol. The Morgan fingerprint density at radius 2 is 1.91 bits per heavy atom. The largest absolute Gasteiger partial charge is 0.343 e. The van der Waals surface area contributed by atoms with Crippen molar-refractivity contribution in [3.05, 3.63) is 46.8 Å². The number of anilines is 1. The highest BCUT2D eigenvalue weighted by atomic mass is 16.2. The van der Waals surface area contributed by atoms with Crippen molar-refractivity contribution in [1.29, 1.82) is 0 Å². The standard InChI is InChI=1S/C17H22N4O2/c1-5-13-8-6-7-9-14(13)19-15(22)10-18-17(23)16-11(2)20-21(4)12(16)3/h6-9H,5,10H2,1-4H3,(H,18,23)(H,19,22). The van der Waals surface area contributed by atoms with Crippen molar-refractivity contribution in [3.63, 3.8) is 0 Å². The van der Waals surface area contributed by atoms with Crippen molar-refractivity contribution in [3.8, 4) is 0 Å². The lowest BCUT2D eigenvalue weighted by molar-refractivity contribution is -0.115. The number of nitrogens with one attached hydrogen (secondary N) is 2. The van der Waals surface area contributed by atoms with Crippen molar-refractivity contribution >= 4 is 17.5 Å². The van der Waals surface area contributed by atoms with Crippen LogP contribution >= 0.6 is 0 Å². The van der Waals surface area contributed by atoms with E-state index in [1.165, 1.54) is 0 Å². The molecule has 0 aliphatic heterocycles. The van der Waals surface area contributed by atoms with Gasteiger partial charge in [0.2, 0.25) is 5.91 Å². The number of carbonyl (C=O) groups is 2. The Hall–Kier alpha value is -2.63. The molecule has 0 radical (unpaired) electrons. The Morgan fingerprint density at radius 3 is 2.52 bits per heavy atom. The van der Waals surface area contributed by atoms with Crippen LogP contribution in [0.4, 0.5) is 5.69 Å². The van der Waals surface area contributed by atoms with Crippen LogP contribution in [0.3, 0.4) is 0 Å². The van der Waals surface area contributed by atoms with Gasteiger partial charge in [-0.15, -0.1) is 0 Å². The summed E-state index contributed by atoms with van der Waals surface area (Å²) in [5.74, 6) is -0.537. The van der Waals surface area contributed by atoms with Gasteiger partial charge in [0.15, 0.2) is 0 Å². The molecule has 1 aromatic heterocycles. The number of rotatable bonds is 5. The molecule has 2 amide bonds. The molecule has 0 bridgehead atoms. The van der Waals surface area contributed by atoms with Gasteiger partial charge >= 0.3 is 0 Å². The predicted octanol–water partition coefficient (Wildman–Crippen LogP) is 1.97. The van der Waals surface area contributed by atoms with Crippen LogP contribution in [-0.4, -0.2) is 28.1 Å². The minimum Gasteiger partial charge on any atom is -0.343 e. The number of benzene rings is 1. The van der Waals surface area contributed by atoms with E-state index in [0.717, 1.165) is 23.4 Å². The first-order chi connectivity index (χ1) is 10.9. The van der Waals surface area contributed by atoms with Gasteiger partial charge in [-0.05, 0) is 31.9 Å². The van der Waals surface area contributed by atoms with Gasteiger partial charge in [0.05, 0.1) is 17.8 Å². The first-order valence-electron chi connectivity index (χ1n) is 7.60. The van der Waals surface area contributed by atoms with E-state index in [1.54, 1.807) is 18.7 Å². The molecule has 0 unspecified atom stereocenters. The zero-order chi connectivity index (χ0) is 17.0. The molecule has 0 atom stereocenters. The molecule has 1 heterocycles. The molecule has 122 valence electrons. The number of hydrogen-bond donors (Lipinski definition) is 2. The van der Waals surface area contributed by atoms with Gasteiger partial charge in [0, 0.05) is 18.4 Å². The molecule has 2 rings (SSSR count). The first-order valence-corrected chi connectivity index (χ1v) is 7.60. The topological polar surface area (TPSA) is 76.0 Å². The lowest BCUT2D eigenvalue weighted by Gasteiger charge is -2.10. The van der Waals surface area contributed by atoms with E-state index in [0.29, 0.717) is 11.3 Å². The summed E-state index contributed by atoms with van der Waals surface area (Å²) in [6.07, 6.45) is 0.830. The summed E-state index contributed by atoms with van der Waals surface area (Å²) in [5.41, 5.74) is 3.79. The third-order valence-electron chi connectivity index (χ3n) is 3.82. The molecule has 6 heteroatoms. The fraction of sp³-hybridized carbons (Fsp3) is 0.353. The van der Waals surface area contributed by atoms with E-state index in [2.05, 4.69) is 15.7 Å². The number of aryl methyl sites for hydroxylation is 3. The number of nitrogens with zero attached hydrogens (tertiary/aromatic N) is 2. The minimum atomic E-state index is -0.285. The fourth-order valence-corrected chi connectivity index (χ4v) is 2.50. The van der Waals surface area contributed by atoms with E-state index in [1.807, 2.05) is 38.1 Å². The lowest BCUT2D eigenvalue weighted by Crippen LogP contribution is -2.33. The molecular formula is C17H22N4O2. The van der Waals surface area contributed by atoms with Gasteiger partial charge in [-0.3, -0.25) is 14.3 Å². The molecule has 0 aliphatic carbocycles. The molecule has 0 saturated carbocycles. The van der Waals surface area contributed by atoms with Crippen LogP contribution in [0.2, 0.25) is 0 Å². The molecule has 0 fully saturated rings. The van der Waals surface area contributed by atoms with Gasteiger partial charge in [-0.25, -0.2) is 0 Å². The number of hydrogen-bond acceptors (Lipinski definition) is 3. The molecular weight excluding hydrogens is 292 g/mol. The molecule has 0 aliphatic rings. The lowest BCUT2D eigenvalue weighted by atomic mass is 10.1. The van der Waals surface area contributed by atoms with Crippen LogP contribution in [0, 0.1) is 13.8 Å². The zero-order valence-electron chi connectivity index (χ0n) is 13.9. The van der Waals surface area contributed by atoms with Crippen LogP contribution in [0.1, 0.15) is 34.2 Å². The van der Waals surface area contributed by atoms with E-state index >= 15 is 0 Å². The maximum Gasteiger partial charge on any atom is 0.255 e. The summed E-state index contributed by atoms with van der Waals surface area (Å²) in [6, 6.07) is 7.63. The van der Waals surface area contributed by atoms with Crippen molar-refractivity contribution in [2.24, 2.45) is 7.05 Å². The minimum absolute atomic E-state index is 0.0787. The Bertz CT molecular complexity index is 734. The van der Waals surface area contributed by atoms with E-state index in [9.17, 15) is 9.59 Å². The van der Waals surface area contributed by atoms with Crippen LogP contribution in [0.5, 0.6) is 0 Å². The summed E-state index contributed by atoms with van der Waals surface area (Å²) in [4.78, 5) is 24.3. The highest BCUT2D eigenvalue weighted by Gasteiger charge is 2.17. The number of amides is 2. The molecule has 2 aromatic rings. The van der Waals surface area contributed by atoms with Crippen LogP contribution in [0.25, 0.3) is 0 Å². The molecule has 6 nitrogen and oxygen atoms in total. The van der Waals surface area contributed by atoms with Gasteiger partial charge in [-0.2, -0.15) is 5.10 Å².